The highest BCUT2D eigenvalue weighted by atomic mass is 16.2. The van der Waals surface area contributed by atoms with Gasteiger partial charge in [0.25, 0.3) is 11.8 Å². The van der Waals surface area contributed by atoms with Gasteiger partial charge in [0, 0.05) is 0 Å². The Morgan fingerprint density at radius 1 is 0.909 bits per heavy atom. The molecule has 1 aliphatic carbocycles. The number of fused-ring (bicyclic) bond motifs is 2. The zero-order valence-electron chi connectivity index (χ0n) is 12.7. The van der Waals surface area contributed by atoms with Crippen molar-refractivity contribution in [2.45, 2.75) is 26.3 Å². The van der Waals surface area contributed by atoms with Crippen LogP contribution in [0.3, 0.4) is 0 Å². The summed E-state index contributed by atoms with van der Waals surface area (Å²) in [4.78, 5) is 27.1. The van der Waals surface area contributed by atoms with Crippen molar-refractivity contribution >= 4 is 11.8 Å². The molecule has 110 valence electrons. The quantitative estimate of drug-likeness (QED) is 0.753. The second-order valence-corrected chi connectivity index (χ2v) is 6.79. The molecular weight excluding hydrogens is 274 g/mol. The molecule has 2 amide bonds. The Kier molecular flexibility index (Phi) is 2.59. The van der Waals surface area contributed by atoms with Gasteiger partial charge in [0.15, 0.2) is 0 Å². The molecule has 0 saturated heterocycles. The molecule has 1 aliphatic heterocycles. The van der Waals surface area contributed by atoms with E-state index in [1.807, 2.05) is 18.2 Å². The van der Waals surface area contributed by atoms with Crippen LogP contribution in [0.1, 0.15) is 51.7 Å². The van der Waals surface area contributed by atoms with E-state index in [0.29, 0.717) is 11.1 Å². The number of rotatable bonds is 1. The van der Waals surface area contributed by atoms with Gasteiger partial charge in [-0.25, -0.2) is 0 Å². The smallest absolute Gasteiger partial charge is 0.262 e. The van der Waals surface area contributed by atoms with Crippen molar-refractivity contribution in [3.8, 4) is 0 Å². The topological polar surface area (TPSA) is 37.4 Å². The molecule has 2 aliphatic rings. The Morgan fingerprint density at radius 2 is 1.45 bits per heavy atom. The summed E-state index contributed by atoms with van der Waals surface area (Å²) in [5.41, 5.74) is 3.22. The lowest BCUT2D eigenvalue weighted by molar-refractivity contribution is 0.0461. The summed E-state index contributed by atoms with van der Waals surface area (Å²) in [6, 6.07) is 15.0. The van der Waals surface area contributed by atoms with Gasteiger partial charge in [0.05, 0.1) is 17.2 Å². The number of hydrogen-bond acceptors (Lipinski definition) is 2. The summed E-state index contributed by atoms with van der Waals surface area (Å²) in [6.07, 6.45) is 0.876. The van der Waals surface area contributed by atoms with E-state index in [2.05, 4.69) is 19.9 Å². The SMILES string of the molecule is CC1(C)Cc2ccccc2[C@@H]1N1C(=O)c2ccccc2C1=O. The van der Waals surface area contributed by atoms with E-state index in [4.69, 9.17) is 0 Å². The van der Waals surface area contributed by atoms with Gasteiger partial charge in [-0.3, -0.25) is 14.5 Å². The van der Waals surface area contributed by atoms with Crippen LogP contribution in [0, 0.1) is 5.41 Å². The molecule has 0 spiro atoms. The number of carbonyl (C=O) groups is 2. The zero-order chi connectivity index (χ0) is 15.5. The van der Waals surface area contributed by atoms with Crippen LogP contribution in [-0.4, -0.2) is 16.7 Å². The number of carbonyl (C=O) groups excluding carboxylic acids is 2. The second kappa shape index (κ2) is 4.29. The van der Waals surface area contributed by atoms with E-state index in [9.17, 15) is 9.59 Å². The first-order valence-electron chi connectivity index (χ1n) is 7.55. The molecule has 0 bridgehead atoms. The van der Waals surface area contributed by atoms with Crippen LogP contribution in [0.25, 0.3) is 0 Å². The second-order valence-electron chi connectivity index (χ2n) is 6.79. The van der Waals surface area contributed by atoms with Gasteiger partial charge < -0.3 is 0 Å². The van der Waals surface area contributed by atoms with Gasteiger partial charge in [-0.1, -0.05) is 50.2 Å². The number of benzene rings is 2. The maximum absolute atomic E-state index is 12.8. The minimum atomic E-state index is -0.198. The van der Waals surface area contributed by atoms with Crippen LogP contribution in [0.4, 0.5) is 0 Å². The van der Waals surface area contributed by atoms with E-state index < -0.39 is 0 Å². The van der Waals surface area contributed by atoms with Gasteiger partial charge in [-0.15, -0.1) is 0 Å². The third kappa shape index (κ3) is 1.62. The summed E-state index contributed by atoms with van der Waals surface area (Å²) in [7, 11) is 0. The molecule has 1 heterocycles. The third-order valence-electron chi connectivity index (χ3n) is 4.82. The molecule has 0 radical (unpaired) electrons. The fourth-order valence-electron chi connectivity index (χ4n) is 3.90. The van der Waals surface area contributed by atoms with E-state index >= 15 is 0 Å². The summed E-state index contributed by atoms with van der Waals surface area (Å²) < 4.78 is 0. The van der Waals surface area contributed by atoms with Crippen molar-refractivity contribution < 1.29 is 9.59 Å². The van der Waals surface area contributed by atoms with Gasteiger partial charge in [-0.05, 0) is 35.1 Å². The monoisotopic (exact) mass is 291 g/mol. The van der Waals surface area contributed by atoms with Crippen LogP contribution in [0.2, 0.25) is 0 Å². The van der Waals surface area contributed by atoms with Crippen molar-refractivity contribution in [3.63, 3.8) is 0 Å². The Bertz CT molecular complexity index is 772. The van der Waals surface area contributed by atoms with Crippen molar-refractivity contribution in [3.05, 3.63) is 70.8 Å². The van der Waals surface area contributed by atoms with Crippen LogP contribution in [-0.2, 0) is 6.42 Å². The van der Waals surface area contributed by atoms with Crippen LogP contribution in [0.5, 0.6) is 0 Å². The maximum atomic E-state index is 12.8. The van der Waals surface area contributed by atoms with Crippen LogP contribution in [0.15, 0.2) is 48.5 Å². The van der Waals surface area contributed by atoms with Crippen molar-refractivity contribution in [1.29, 1.82) is 0 Å². The lowest BCUT2D eigenvalue weighted by Gasteiger charge is -2.34. The lowest BCUT2D eigenvalue weighted by Crippen LogP contribution is -2.39. The molecule has 3 heteroatoms. The number of hydrogen-bond donors (Lipinski definition) is 0. The van der Waals surface area contributed by atoms with Crippen LogP contribution < -0.4 is 0 Å². The molecule has 2 aromatic carbocycles. The first kappa shape index (κ1) is 13.3. The normalized spacial score (nSPS) is 21.9. The Balaban J connectivity index is 1.86. The number of amides is 2. The van der Waals surface area contributed by atoms with E-state index in [0.717, 1.165) is 12.0 Å². The van der Waals surface area contributed by atoms with Gasteiger partial charge in [0.1, 0.15) is 0 Å². The number of nitrogens with zero attached hydrogens (tertiary/aromatic N) is 1. The fraction of sp³-hybridized carbons (Fsp3) is 0.263. The van der Waals surface area contributed by atoms with E-state index in [-0.39, 0.29) is 23.3 Å². The van der Waals surface area contributed by atoms with Crippen molar-refractivity contribution in [2.24, 2.45) is 5.41 Å². The lowest BCUT2D eigenvalue weighted by atomic mass is 9.84. The van der Waals surface area contributed by atoms with E-state index in [1.165, 1.54) is 10.5 Å². The molecule has 3 nitrogen and oxygen atoms in total. The largest absolute Gasteiger partial charge is 0.269 e. The van der Waals surface area contributed by atoms with Gasteiger partial charge in [0.2, 0.25) is 0 Å². The average Bonchev–Trinajstić information content (AvgIpc) is 2.90. The van der Waals surface area contributed by atoms with Crippen molar-refractivity contribution in [2.75, 3.05) is 0 Å². The highest BCUT2D eigenvalue weighted by Crippen LogP contribution is 2.50. The number of imide groups is 1. The molecular formula is C19H17NO2. The molecule has 0 unspecified atom stereocenters. The van der Waals surface area contributed by atoms with Gasteiger partial charge in [-0.2, -0.15) is 0 Å². The molecule has 22 heavy (non-hydrogen) atoms. The summed E-state index contributed by atoms with van der Waals surface area (Å²) >= 11 is 0. The Morgan fingerprint density at radius 3 is 2.09 bits per heavy atom. The molecule has 0 fully saturated rings. The summed E-state index contributed by atoms with van der Waals surface area (Å²) in [5, 5.41) is 0. The van der Waals surface area contributed by atoms with Crippen LogP contribution >= 0.6 is 0 Å². The molecule has 2 aromatic rings. The minimum absolute atomic E-state index is 0.156. The Hall–Kier alpha value is -2.42. The maximum Gasteiger partial charge on any atom is 0.262 e. The average molecular weight is 291 g/mol. The first-order valence-corrected chi connectivity index (χ1v) is 7.55. The molecule has 1 atom stereocenters. The van der Waals surface area contributed by atoms with E-state index in [1.54, 1.807) is 24.3 Å². The fourth-order valence-corrected chi connectivity index (χ4v) is 3.90. The minimum Gasteiger partial charge on any atom is -0.269 e. The zero-order valence-corrected chi connectivity index (χ0v) is 12.7. The third-order valence-corrected chi connectivity index (χ3v) is 4.82. The summed E-state index contributed by atoms with van der Waals surface area (Å²) in [5.74, 6) is -0.342. The first-order chi connectivity index (χ1) is 10.5. The van der Waals surface area contributed by atoms with Gasteiger partial charge >= 0.3 is 0 Å². The molecule has 0 N–H and O–H groups in total. The predicted octanol–water partition coefficient (Wildman–Crippen LogP) is 3.61. The molecule has 0 aromatic heterocycles. The standard InChI is InChI=1S/C19H17NO2/c1-19(2)11-12-7-3-4-8-13(12)16(19)20-17(21)14-9-5-6-10-15(14)18(20)22/h3-10,16H,11H2,1-2H3/t16-/m0/s1. The summed E-state index contributed by atoms with van der Waals surface area (Å²) in [6.45, 7) is 4.25. The highest BCUT2D eigenvalue weighted by Gasteiger charge is 2.49. The highest BCUT2D eigenvalue weighted by molar-refractivity contribution is 6.21. The predicted molar refractivity (Wildman–Crippen MR) is 83.6 cm³/mol. The van der Waals surface area contributed by atoms with Crippen molar-refractivity contribution in [1.82, 2.24) is 4.90 Å². The molecule has 4 rings (SSSR count). The molecule has 0 saturated carbocycles. The Labute approximate surface area is 129 Å².